The zero-order chi connectivity index (χ0) is 19.3. The minimum atomic E-state index is -0.332. The third-order valence-electron chi connectivity index (χ3n) is 4.51. The number of halogens is 1. The standard InChI is InChI=1S/C19H16ClN5O2/c1-23(2)18(26)15-14-12-5-4-6-13(20)16(12)24(3)17(14)19(27)25(22-15)11-7-9-21-10-8-11/h4-10H,1-3H3. The molecule has 4 aromatic rings. The molecule has 0 N–H and O–H groups in total. The SMILES string of the molecule is CN(C)C(=O)c1nn(-c2ccncc2)c(=O)c2c1c1cccc(Cl)c1n2C. The highest BCUT2D eigenvalue weighted by Gasteiger charge is 2.25. The predicted molar refractivity (Wildman–Crippen MR) is 105 cm³/mol. The van der Waals surface area contributed by atoms with Crippen LogP contribution in [0.2, 0.25) is 5.02 Å². The Morgan fingerprint density at radius 3 is 2.48 bits per heavy atom. The number of pyridine rings is 1. The zero-order valence-corrected chi connectivity index (χ0v) is 15.7. The van der Waals surface area contributed by atoms with Gasteiger partial charge in [0.05, 0.1) is 16.2 Å². The molecule has 0 aliphatic heterocycles. The van der Waals surface area contributed by atoms with Crippen LogP contribution in [0.1, 0.15) is 10.5 Å². The van der Waals surface area contributed by atoms with Gasteiger partial charge >= 0.3 is 0 Å². The number of carbonyl (C=O) groups is 1. The molecule has 0 atom stereocenters. The van der Waals surface area contributed by atoms with Crippen LogP contribution in [0.5, 0.6) is 0 Å². The molecular formula is C19H16ClN5O2. The van der Waals surface area contributed by atoms with E-state index in [1.54, 1.807) is 62.4 Å². The highest BCUT2D eigenvalue weighted by Crippen LogP contribution is 2.33. The lowest BCUT2D eigenvalue weighted by molar-refractivity contribution is 0.0822. The molecule has 0 unspecified atom stereocenters. The molecule has 27 heavy (non-hydrogen) atoms. The monoisotopic (exact) mass is 381 g/mol. The summed E-state index contributed by atoms with van der Waals surface area (Å²) in [5.41, 5.74) is 1.45. The average Bonchev–Trinajstić information content (AvgIpc) is 2.97. The molecule has 0 aliphatic carbocycles. The Balaban J connectivity index is 2.25. The van der Waals surface area contributed by atoms with Crippen molar-refractivity contribution in [2.24, 2.45) is 7.05 Å². The van der Waals surface area contributed by atoms with E-state index < -0.39 is 0 Å². The maximum Gasteiger partial charge on any atom is 0.296 e. The molecule has 0 saturated heterocycles. The second-order valence-electron chi connectivity index (χ2n) is 6.39. The van der Waals surface area contributed by atoms with Crippen LogP contribution in [-0.2, 0) is 7.05 Å². The van der Waals surface area contributed by atoms with Gasteiger partial charge in [-0.05, 0) is 18.2 Å². The van der Waals surface area contributed by atoms with E-state index in [0.29, 0.717) is 27.1 Å². The highest BCUT2D eigenvalue weighted by molar-refractivity contribution is 6.36. The number of aromatic nitrogens is 4. The summed E-state index contributed by atoms with van der Waals surface area (Å²) in [6.45, 7) is 0. The number of hydrogen-bond donors (Lipinski definition) is 0. The second-order valence-corrected chi connectivity index (χ2v) is 6.80. The molecular weight excluding hydrogens is 366 g/mol. The van der Waals surface area contributed by atoms with Crippen molar-refractivity contribution in [1.82, 2.24) is 24.2 Å². The van der Waals surface area contributed by atoms with Crippen LogP contribution >= 0.6 is 11.6 Å². The van der Waals surface area contributed by atoms with Crippen molar-refractivity contribution in [3.05, 3.63) is 63.8 Å². The number of rotatable bonds is 2. The van der Waals surface area contributed by atoms with E-state index in [-0.39, 0.29) is 17.2 Å². The van der Waals surface area contributed by atoms with Crippen molar-refractivity contribution >= 4 is 39.3 Å². The molecule has 8 heteroatoms. The summed E-state index contributed by atoms with van der Waals surface area (Å²) in [7, 11) is 5.06. The van der Waals surface area contributed by atoms with Gasteiger partial charge in [0.2, 0.25) is 0 Å². The van der Waals surface area contributed by atoms with Crippen LogP contribution in [0.25, 0.3) is 27.5 Å². The number of amides is 1. The number of fused-ring (bicyclic) bond motifs is 3. The first kappa shape index (κ1) is 17.2. The van der Waals surface area contributed by atoms with Gasteiger partial charge < -0.3 is 9.47 Å². The smallest absolute Gasteiger partial charge is 0.296 e. The van der Waals surface area contributed by atoms with E-state index in [1.165, 1.54) is 9.58 Å². The predicted octanol–water partition coefficient (Wildman–Crippen LogP) is 2.63. The van der Waals surface area contributed by atoms with Crippen LogP contribution < -0.4 is 5.56 Å². The second kappa shape index (κ2) is 6.21. The Morgan fingerprint density at radius 2 is 1.81 bits per heavy atom. The summed E-state index contributed by atoms with van der Waals surface area (Å²) >= 11 is 6.38. The Hall–Kier alpha value is -3.19. The van der Waals surface area contributed by atoms with Gasteiger partial charge in [0.25, 0.3) is 11.5 Å². The quantitative estimate of drug-likeness (QED) is 0.535. The molecule has 0 fully saturated rings. The maximum atomic E-state index is 13.3. The van der Waals surface area contributed by atoms with Crippen molar-refractivity contribution < 1.29 is 4.79 Å². The minimum absolute atomic E-state index is 0.194. The average molecular weight is 382 g/mol. The van der Waals surface area contributed by atoms with Gasteiger partial charge in [-0.15, -0.1) is 0 Å². The molecule has 1 amide bonds. The molecule has 7 nitrogen and oxygen atoms in total. The van der Waals surface area contributed by atoms with Crippen molar-refractivity contribution in [2.75, 3.05) is 14.1 Å². The summed E-state index contributed by atoms with van der Waals surface area (Å²) in [4.78, 5) is 31.6. The third-order valence-corrected chi connectivity index (χ3v) is 4.82. The summed E-state index contributed by atoms with van der Waals surface area (Å²) in [5, 5.41) is 6.14. The minimum Gasteiger partial charge on any atom is -0.343 e. The molecule has 136 valence electrons. The Kier molecular flexibility index (Phi) is 3.96. The van der Waals surface area contributed by atoms with E-state index in [2.05, 4.69) is 10.1 Å². The van der Waals surface area contributed by atoms with Gasteiger partial charge in [0.1, 0.15) is 5.52 Å². The Labute approximate surface area is 159 Å². The van der Waals surface area contributed by atoms with Crippen molar-refractivity contribution in [3.63, 3.8) is 0 Å². The van der Waals surface area contributed by atoms with Crippen LogP contribution in [-0.4, -0.2) is 44.2 Å². The topological polar surface area (TPSA) is 73.0 Å². The first-order chi connectivity index (χ1) is 12.9. The number of para-hydroxylation sites is 1. The van der Waals surface area contributed by atoms with E-state index >= 15 is 0 Å². The number of aryl methyl sites for hydroxylation is 1. The number of nitrogens with zero attached hydrogens (tertiary/aromatic N) is 5. The molecule has 4 rings (SSSR count). The lowest BCUT2D eigenvalue weighted by Gasteiger charge is -2.13. The molecule has 0 saturated carbocycles. The van der Waals surface area contributed by atoms with Crippen LogP contribution in [0.3, 0.4) is 0 Å². The molecule has 0 radical (unpaired) electrons. The molecule has 0 aliphatic rings. The normalized spacial score (nSPS) is 11.3. The maximum absolute atomic E-state index is 13.3. The number of benzene rings is 1. The molecule has 1 aromatic carbocycles. The fourth-order valence-electron chi connectivity index (χ4n) is 3.27. The summed E-state index contributed by atoms with van der Waals surface area (Å²) in [5.74, 6) is -0.296. The van der Waals surface area contributed by atoms with Crippen molar-refractivity contribution in [3.8, 4) is 5.69 Å². The van der Waals surface area contributed by atoms with Crippen LogP contribution in [0.4, 0.5) is 0 Å². The van der Waals surface area contributed by atoms with Gasteiger partial charge in [-0.2, -0.15) is 9.78 Å². The fourth-order valence-corrected chi connectivity index (χ4v) is 3.57. The van der Waals surface area contributed by atoms with Crippen LogP contribution in [0, 0.1) is 0 Å². The Bertz CT molecular complexity index is 1260. The number of carbonyl (C=O) groups excluding carboxylic acids is 1. The van der Waals surface area contributed by atoms with Gasteiger partial charge in [0.15, 0.2) is 5.69 Å². The van der Waals surface area contributed by atoms with E-state index in [1.807, 2.05) is 6.07 Å². The van der Waals surface area contributed by atoms with Gasteiger partial charge in [-0.3, -0.25) is 14.6 Å². The van der Waals surface area contributed by atoms with E-state index in [0.717, 1.165) is 5.39 Å². The van der Waals surface area contributed by atoms with Crippen molar-refractivity contribution in [1.29, 1.82) is 0 Å². The van der Waals surface area contributed by atoms with Crippen molar-refractivity contribution in [2.45, 2.75) is 0 Å². The summed E-state index contributed by atoms with van der Waals surface area (Å²) in [6.07, 6.45) is 3.14. The van der Waals surface area contributed by atoms with Gasteiger partial charge in [0, 0.05) is 44.3 Å². The van der Waals surface area contributed by atoms with Crippen LogP contribution in [0.15, 0.2) is 47.5 Å². The largest absolute Gasteiger partial charge is 0.343 e. The van der Waals surface area contributed by atoms with Gasteiger partial charge in [-0.1, -0.05) is 23.7 Å². The first-order valence-electron chi connectivity index (χ1n) is 8.23. The van der Waals surface area contributed by atoms with E-state index in [4.69, 9.17) is 11.6 Å². The summed E-state index contributed by atoms with van der Waals surface area (Å²) in [6, 6.07) is 8.72. The van der Waals surface area contributed by atoms with Gasteiger partial charge in [-0.25, -0.2) is 0 Å². The third kappa shape index (κ3) is 2.50. The zero-order valence-electron chi connectivity index (χ0n) is 15.0. The fraction of sp³-hybridized carbons (Fsp3) is 0.158. The lowest BCUT2D eigenvalue weighted by Crippen LogP contribution is -2.29. The van der Waals surface area contributed by atoms with E-state index in [9.17, 15) is 9.59 Å². The Morgan fingerprint density at radius 1 is 1.11 bits per heavy atom. The first-order valence-corrected chi connectivity index (χ1v) is 8.61. The molecule has 3 heterocycles. The lowest BCUT2D eigenvalue weighted by atomic mass is 10.1. The molecule has 0 spiro atoms. The number of hydrogen-bond acceptors (Lipinski definition) is 4. The highest BCUT2D eigenvalue weighted by atomic mass is 35.5. The summed E-state index contributed by atoms with van der Waals surface area (Å²) < 4.78 is 2.95. The molecule has 3 aromatic heterocycles. The molecule has 0 bridgehead atoms.